The number of nitro groups is 1. The fourth-order valence-corrected chi connectivity index (χ4v) is 2.31. The van der Waals surface area contributed by atoms with Gasteiger partial charge in [0.2, 0.25) is 0 Å². The van der Waals surface area contributed by atoms with Gasteiger partial charge in [0.1, 0.15) is 5.69 Å². The van der Waals surface area contributed by atoms with Gasteiger partial charge in [0.25, 0.3) is 5.69 Å². The van der Waals surface area contributed by atoms with Crippen LogP contribution in [0.25, 0.3) is 0 Å². The van der Waals surface area contributed by atoms with Gasteiger partial charge in [0, 0.05) is 24.1 Å². The van der Waals surface area contributed by atoms with Crippen LogP contribution in [0, 0.1) is 10.1 Å². The Morgan fingerprint density at radius 2 is 2.33 bits per heavy atom. The zero-order chi connectivity index (χ0) is 13.4. The fourth-order valence-electron chi connectivity index (χ4n) is 1.57. The van der Waals surface area contributed by atoms with Crippen LogP contribution < -0.4 is 5.32 Å². The predicted octanol–water partition coefficient (Wildman–Crippen LogP) is 3.84. The van der Waals surface area contributed by atoms with E-state index in [4.69, 9.17) is 0 Å². The topological polar surface area (TPSA) is 55.2 Å². The van der Waals surface area contributed by atoms with E-state index in [1.54, 1.807) is 23.9 Å². The quantitative estimate of drug-likeness (QED) is 0.336. The first kappa shape index (κ1) is 14.6. The first-order chi connectivity index (χ1) is 8.70. The van der Waals surface area contributed by atoms with Gasteiger partial charge in [-0.25, -0.2) is 0 Å². The molecule has 5 heteroatoms. The van der Waals surface area contributed by atoms with Gasteiger partial charge in [-0.15, -0.1) is 6.58 Å². The van der Waals surface area contributed by atoms with Gasteiger partial charge in [0.05, 0.1) is 4.92 Å². The van der Waals surface area contributed by atoms with Gasteiger partial charge >= 0.3 is 0 Å². The average molecular weight is 266 g/mol. The van der Waals surface area contributed by atoms with Gasteiger partial charge in [0.15, 0.2) is 0 Å². The normalized spacial score (nSPS) is 10.1. The van der Waals surface area contributed by atoms with Crippen molar-refractivity contribution in [1.82, 2.24) is 0 Å². The van der Waals surface area contributed by atoms with Crippen molar-refractivity contribution in [2.75, 3.05) is 17.6 Å². The summed E-state index contributed by atoms with van der Waals surface area (Å²) in [5, 5.41) is 14.2. The summed E-state index contributed by atoms with van der Waals surface area (Å²) in [7, 11) is 0. The number of nitrogens with one attached hydrogen (secondary N) is 1. The molecule has 0 aliphatic heterocycles. The minimum atomic E-state index is -0.334. The zero-order valence-electron chi connectivity index (χ0n) is 10.5. The van der Waals surface area contributed by atoms with Crippen LogP contribution in [-0.2, 0) is 5.75 Å². The summed E-state index contributed by atoms with van der Waals surface area (Å²) < 4.78 is 0. The van der Waals surface area contributed by atoms with Crippen molar-refractivity contribution < 1.29 is 4.92 Å². The maximum Gasteiger partial charge on any atom is 0.292 e. The molecule has 0 spiro atoms. The Balaban J connectivity index is 2.95. The van der Waals surface area contributed by atoms with Crippen LogP contribution in [-0.4, -0.2) is 17.2 Å². The molecule has 98 valence electrons. The summed E-state index contributed by atoms with van der Waals surface area (Å²) in [6.07, 6.45) is 2.77. The maximum atomic E-state index is 11.0. The molecule has 1 N–H and O–H groups in total. The van der Waals surface area contributed by atoms with E-state index < -0.39 is 0 Å². The van der Waals surface area contributed by atoms with Crippen LogP contribution in [0.4, 0.5) is 11.4 Å². The molecule has 1 aromatic carbocycles. The van der Waals surface area contributed by atoms with Crippen LogP contribution in [0.15, 0.2) is 30.9 Å². The number of thioether (sulfide) groups is 1. The first-order valence-corrected chi connectivity index (χ1v) is 7.05. The molecule has 0 aromatic heterocycles. The third-order valence-electron chi connectivity index (χ3n) is 2.37. The first-order valence-electron chi connectivity index (χ1n) is 5.89. The predicted molar refractivity (Wildman–Crippen MR) is 78.2 cm³/mol. The number of hydrogen-bond acceptors (Lipinski definition) is 4. The molecule has 0 bridgehead atoms. The monoisotopic (exact) mass is 266 g/mol. The summed E-state index contributed by atoms with van der Waals surface area (Å²) in [5.41, 5.74) is 1.78. The van der Waals surface area contributed by atoms with E-state index in [9.17, 15) is 10.1 Å². The minimum absolute atomic E-state index is 0.153. The molecule has 0 saturated heterocycles. The van der Waals surface area contributed by atoms with Gasteiger partial charge < -0.3 is 5.32 Å². The Bertz CT molecular complexity index is 421. The summed E-state index contributed by atoms with van der Waals surface area (Å²) in [6.45, 7) is 6.44. The highest BCUT2D eigenvalue weighted by molar-refractivity contribution is 7.98. The van der Waals surface area contributed by atoms with Crippen molar-refractivity contribution >= 4 is 23.1 Å². The Morgan fingerprint density at radius 1 is 1.56 bits per heavy atom. The molecule has 18 heavy (non-hydrogen) atoms. The summed E-state index contributed by atoms with van der Waals surface area (Å²) >= 11 is 1.69. The van der Waals surface area contributed by atoms with E-state index >= 15 is 0 Å². The van der Waals surface area contributed by atoms with Gasteiger partial charge in [-0.1, -0.05) is 25.1 Å². The smallest absolute Gasteiger partial charge is 0.292 e. The largest absolute Gasteiger partial charge is 0.379 e. The van der Waals surface area contributed by atoms with Gasteiger partial charge in [-0.05, 0) is 12.0 Å². The van der Waals surface area contributed by atoms with E-state index in [0.717, 1.165) is 30.0 Å². The second-order valence-corrected chi connectivity index (χ2v) is 4.83. The van der Waals surface area contributed by atoms with Crippen LogP contribution in [0.3, 0.4) is 0 Å². The van der Waals surface area contributed by atoms with Crippen molar-refractivity contribution in [3.63, 3.8) is 0 Å². The second kappa shape index (κ2) is 7.76. The third-order valence-corrected chi connectivity index (χ3v) is 3.36. The number of para-hydroxylation sites is 1. The lowest BCUT2D eigenvalue weighted by atomic mass is 10.1. The molecule has 0 fully saturated rings. The Labute approximate surface area is 112 Å². The average Bonchev–Trinajstić information content (AvgIpc) is 2.37. The number of nitro benzene ring substituents is 1. The zero-order valence-corrected chi connectivity index (χ0v) is 11.3. The molecule has 0 atom stereocenters. The van der Waals surface area contributed by atoms with E-state index in [0.29, 0.717) is 5.69 Å². The maximum absolute atomic E-state index is 11.0. The molecule has 1 aromatic rings. The summed E-state index contributed by atoms with van der Waals surface area (Å²) in [5.74, 6) is 1.59. The highest BCUT2D eigenvalue weighted by Crippen LogP contribution is 2.30. The SMILES string of the molecule is C=CCSCc1cccc([N+](=O)[O-])c1NCCC. The number of anilines is 1. The lowest BCUT2D eigenvalue weighted by molar-refractivity contribution is -0.384. The van der Waals surface area contributed by atoms with Gasteiger partial charge in [-0.3, -0.25) is 10.1 Å². The third kappa shape index (κ3) is 4.07. The minimum Gasteiger partial charge on any atom is -0.379 e. The molecule has 1 rings (SSSR count). The number of nitrogens with zero attached hydrogens (tertiary/aromatic N) is 1. The molecule has 0 saturated carbocycles. The van der Waals surface area contributed by atoms with Crippen LogP contribution in [0.1, 0.15) is 18.9 Å². The molecule has 4 nitrogen and oxygen atoms in total. The highest BCUT2D eigenvalue weighted by Gasteiger charge is 2.16. The lowest BCUT2D eigenvalue weighted by Crippen LogP contribution is -2.06. The molecule has 0 radical (unpaired) electrons. The van der Waals surface area contributed by atoms with Crippen molar-refractivity contribution in [3.8, 4) is 0 Å². The van der Waals surface area contributed by atoms with E-state index in [1.165, 1.54) is 0 Å². The van der Waals surface area contributed by atoms with E-state index in [1.807, 2.05) is 19.1 Å². The molecule has 0 aliphatic carbocycles. The van der Waals surface area contributed by atoms with E-state index in [2.05, 4.69) is 11.9 Å². The standard InChI is InChI=1S/C13H18N2O2S/c1-3-8-14-13-11(10-18-9-4-2)6-5-7-12(13)15(16)17/h4-7,14H,2-3,8-10H2,1H3. The Hall–Kier alpha value is -1.49. The Morgan fingerprint density at radius 3 is 2.94 bits per heavy atom. The van der Waals surface area contributed by atoms with E-state index in [-0.39, 0.29) is 10.6 Å². The molecular formula is C13H18N2O2S. The second-order valence-electron chi connectivity index (χ2n) is 3.80. The van der Waals surface area contributed by atoms with Crippen molar-refractivity contribution in [2.45, 2.75) is 19.1 Å². The molecule has 0 amide bonds. The van der Waals surface area contributed by atoms with Crippen molar-refractivity contribution in [2.24, 2.45) is 0 Å². The van der Waals surface area contributed by atoms with Gasteiger partial charge in [-0.2, -0.15) is 11.8 Å². The highest BCUT2D eigenvalue weighted by atomic mass is 32.2. The van der Waals surface area contributed by atoms with Crippen LogP contribution in [0.5, 0.6) is 0 Å². The number of hydrogen-bond donors (Lipinski definition) is 1. The summed E-state index contributed by atoms with van der Waals surface area (Å²) in [6, 6.07) is 5.21. The summed E-state index contributed by atoms with van der Waals surface area (Å²) in [4.78, 5) is 10.7. The molecule has 0 heterocycles. The lowest BCUT2D eigenvalue weighted by Gasteiger charge is -2.11. The molecule has 0 unspecified atom stereocenters. The number of benzene rings is 1. The Kier molecular flexibility index (Phi) is 6.28. The van der Waals surface area contributed by atoms with Crippen LogP contribution in [0.2, 0.25) is 0 Å². The molecular weight excluding hydrogens is 248 g/mol. The fraction of sp³-hybridized carbons (Fsp3) is 0.385. The number of rotatable bonds is 8. The van der Waals surface area contributed by atoms with Crippen molar-refractivity contribution in [3.05, 3.63) is 46.5 Å². The van der Waals surface area contributed by atoms with Crippen LogP contribution >= 0.6 is 11.8 Å². The van der Waals surface area contributed by atoms with Crippen molar-refractivity contribution in [1.29, 1.82) is 0 Å². The molecule has 0 aliphatic rings.